The predicted octanol–water partition coefficient (Wildman–Crippen LogP) is 5.53. The molecule has 1 spiro atoms. The monoisotopic (exact) mass is 605 g/mol. The van der Waals surface area contributed by atoms with E-state index in [0.29, 0.717) is 50.3 Å². The second-order valence-corrected chi connectivity index (χ2v) is 11.0. The smallest absolute Gasteiger partial charge is 0.434 e. The Morgan fingerprint density at radius 2 is 1.46 bits per heavy atom. The van der Waals surface area contributed by atoms with Crippen molar-refractivity contribution in [1.82, 2.24) is 9.80 Å². The lowest BCUT2D eigenvalue weighted by atomic mass is 9.72. The van der Waals surface area contributed by atoms with E-state index in [1.54, 1.807) is 11.0 Å². The number of piperidine rings is 2. The summed E-state index contributed by atoms with van der Waals surface area (Å²) in [6.45, 7) is 1.41. The number of carbonyl (C=O) groups is 2. The van der Waals surface area contributed by atoms with E-state index >= 15 is 0 Å². The first kappa shape index (κ1) is 31.0. The lowest BCUT2D eigenvalue weighted by Crippen LogP contribution is -2.60. The third-order valence-electron chi connectivity index (χ3n) is 7.93. The topological polar surface area (TPSA) is 73.3 Å². The Morgan fingerprint density at radius 3 is 1.95 bits per heavy atom. The number of nitrogens with zero attached hydrogens (tertiary/aromatic N) is 3. The van der Waals surface area contributed by atoms with Crippen molar-refractivity contribution in [3.8, 4) is 0 Å². The number of halogens is 9. The average Bonchev–Trinajstić information content (AvgIpc) is 2.84. The SMILES string of the molecule is O=C(O)C1CCN(c2cc(CN3CC4(CCN(C(=O)OC(C(F)(F)F)C(F)(F)F)CC4)C3)cc(C(F)(F)F)c2)CC1. The van der Waals surface area contributed by atoms with Gasteiger partial charge in [-0.25, -0.2) is 4.79 Å². The van der Waals surface area contributed by atoms with Gasteiger partial charge in [0.15, 0.2) is 0 Å². The van der Waals surface area contributed by atoms with Gasteiger partial charge < -0.3 is 19.6 Å². The van der Waals surface area contributed by atoms with Crippen LogP contribution in [0.3, 0.4) is 0 Å². The molecule has 3 aliphatic heterocycles. The van der Waals surface area contributed by atoms with E-state index in [9.17, 15) is 54.2 Å². The van der Waals surface area contributed by atoms with Gasteiger partial charge in [0.05, 0.1) is 11.5 Å². The summed E-state index contributed by atoms with van der Waals surface area (Å²) < 4.78 is 121. The number of benzene rings is 1. The Balaban J connectivity index is 1.34. The van der Waals surface area contributed by atoms with Crippen molar-refractivity contribution in [3.05, 3.63) is 29.3 Å². The van der Waals surface area contributed by atoms with Crippen LogP contribution in [-0.2, 0) is 22.3 Å². The molecule has 0 aliphatic carbocycles. The second kappa shape index (κ2) is 11.1. The molecule has 0 aromatic heterocycles. The van der Waals surface area contributed by atoms with Gasteiger partial charge >= 0.3 is 30.6 Å². The third kappa shape index (κ3) is 7.30. The molecule has 3 saturated heterocycles. The maximum atomic E-state index is 13.6. The van der Waals surface area contributed by atoms with E-state index in [1.165, 1.54) is 0 Å². The molecule has 0 radical (unpaired) electrons. The number of carboxylic acids is 1. The fraction of sp³-hybridized carbons (Fsp3) is 0.680. The number of aliphatic carboxylic acids is 1. The van der Waals surface area contributed by atoms with Gasteiger partial charge in [0.25, 0.3) is 6.10 Å². The average molecular weight is 605 g/mol. The van der Waals surface area contributed by atoms with Crippen LogP contribution in [0.15, 0.2) is 18.2 Å². The highest BCUT2D eigenvalue weighted by molar-refractivity contribution is 5.70. The summed E-state index contributed by atoms with van der Waals surface area (Å²) >= 11 is 0. The Hall–Kier alpha value is -2.91. The molecule has 0 unspecified atom stereocenters. The number of rotatable bonds is 5. The summed E-state index contributed by atoms with van der Waals surface area (Å²) in [5.41, 5.74) is -0.454. The number of hydrogen-bond donors (Lipinski definition) is 1. The summed E-state index contributed by atoms with van der Waals surface area (Å²) in [4.78, 5) is 27.6. The molecule has 0 bridgehead atoms. The van der Waals surface area contributed by atoms with E-state index in [1.807, 2.05) is 4.90 Å². The van der Waals surface area contributed by atoms with Crippen molar-refractivity contribution in [3.63, 3.8) is 0 Å². The molecule has 7 nitrogen and oxygen atoms in total. The zero-order valence-corrected chi connectivity index (χ0v) is 21.6. The van der Waals surface area contributed by atoms with Crippen molar-refractivity contribution in [2.24, 2.45) is 11.3 Å². The van der Waals surface area contributed by atoms with Crippen LogP contribution in [0.1, 0.15) is 36.8 Å². The van der Waals surface area contributed by atoms with Gasteiger partial charge in [-0.3, -0.25) is 9.69 Å². The number of ether oxygens (including phenoxy) is 1. The quantitative estimate of drug-likeness (QED) is 0.445. The maximum Gasteiger partial charge on any atom is 0.434 e. The van der Waals surface area contributed by atoms with Crippen LogP contribution in [0.25, 0.3) is 0 Å². The summed E-state index contributed by atoms with van der Waals surface area (Å²) in [6, 6.07) is 3.73. The number of anilines is 1. The van der Waals surface area contributed by atoms with Crippen molar-refractivity contribution in [2.75, 3.05) is 44.2 Å². The number of likely N-dealkylation sites (tertiary alicyclic amines) is 2. The molecule has 1 amide bonds. The Kier molecular flexibility index (Phi) is 8.37. The van der Waals surface area contributed by atoms with Gasteiger partial charge in [-0.1, -0.05) is 0 Å². The van der Waals surface area contributed by atoms with Gasteiger partial charge in [-0.15, -0.1) is 0 Å². The molecule has 0 atom stereocenters. The summed E-state index contributed by atoms with van der Waals surface area (Å²) in [5, 5.41) is 9.18. The van der Waals surface area contributed by atoms with Gasteiger partial charge in [-0.05, 0) is 54.9 Å². The van der Waals surface area contributed by atoms with Crippen LogP contribution in [-0.4, -0.2) is 84.7 Å². The molecule has 1 aromatic carbocycles. The van der Waals surface area contributed by atoms with Crippen LogP contribution in [0.2, 0.25) is 0 Å². The van der Waals surface area contributed by atoms with E-state index in [-0.39, 0.29) is 37.9 Å². The minimum atomic E-state index is -5.81. The van der Waals surface area contributed by atoms with Gasteiger partial charge in [0, 0.05) is 51.5 Å². The zero-order valence-electron chi connectivity index (χ0n) is 21.6. The van der Waals surface area contributed by atoms with E-state index in [0.717, 1.165) is 17.0 Å². The lowest BCUT2D eigenvalue weighted by Gasteiger charge is -2.54. The highest BCUT2D eigenvalue weighted by Crippen LogP contribution is 2.43. The summed E-state index contributed by atoms with van der Waals surface area (Å²) in [5.74, 6) is -1.48. The molecule has 1 N–H and O–H groups in total. The van der Waals surface area contributed by atoms with Crippen LogP contribution >= 0.6 is 0 Å². The summed E-state index contributed by atoms with van der Waals surface area (Å²) in [6.07, 6.45) is -21.0. The van der Waals surface area contributed by atoms with E-state index in [2.05, 4.69) is 4.74 Å². The predicted molar refractivity (Wildman–Crippen MR) is 125 cm³/mol. The van der Waals surface area contributed by atoms with Crippen LogP contribution < -0.4 is 4.90 Å². The molecule has 1 aromatic rings. The van der Waals surface area contributed by atoms with E-state index < -0.39 is 48.2 Å². The van der Waals surface area contributed by atoms with Crippen molar-refractivity contribution < 1.29 is 58.9 Å². The van der Waals surface area contributed by atoms with Gasteiger partial charge in [-0.2, -0.15) is 39.5 Å². The van der Waals surface area contributed by atoms with Crippen molar-refractivity contribution in [2.45, 2.75) is 56.9 Å². The van der Waals surface area contributed by atoms with Crippen LogP contribution in [0.5, 0.6) is 0 Å². The molecule has 41 heavy (non-hydrogen) atoms. The molecule has 4 rings (SSSR count). The molecular weight excluding hydrogens is 577 g/mol. The number of amides is 1. The number of alkyl halides is 9. The first-order valence-corrected chi connectivity index (χ1v) is 12.9. The molecular formula is C25H28F9N3O4. The molecule has 3 fully saturated rings. The fourth-order valence-corrected chi connectivity index (χ4v) is 5.74. The molecule has 3 heterocycles. The number of carboxylic acid groups (broad SMARTS) is 1. The lowest BCUT2D eigenvalue weighted by molar-refractivity contribution is -0.308. The highest BCUT2D eigenvalue weighted by atomic mass is 19.4. The summed E-state index contributed by atoms with van der Waals surface area (Å²) in [7, 11) is 0. The van der Waals surface area contributed by atoms with Gasteiger partial charge in [0.1, 0.15) is 0 Å². The first-order valence-electron chi connectivity index (χ1n) is 12.9. The third-order valence-corrected chi connectivity index (χ3v) is 7.93. The van der Waals surface area contributed by atoms with Crippen molar-refractivity contribution in [1.29, 1.82) is 0 Å². The highest BCUT2D eigenvalue weighted by Gasteiger charge is 2.60. The molecule has 3 aliphatic rings. The molecule has 0 saturated carbocycles. The molecule has 16 heteroatoms. The number of hydrogen-bond acceptors (Lipinski definition) is 5. The minimum Gasteiger partial charge on any atom is -0.481 e. The van der Waals surface area contributed by atoms with Crippen LogP contribution in [0.4, 0.5) is 50.0 Å². The Bertz CT molecular complexity index is 1100. The maximum absolute atomic E-state index is 13.6. The standard InChI is InChI=1S/C25H28F9N3O4/c26-23(27,28)17-9-15(10-18(11-17)36-5-1-16(2-6-36)19(38)39)12-35-13-22(14-35)3-7-37(8-4-22)21(40)41-20(24(29,30)31)25(32,33)34/h9-11,16,20H,1-8,12-14H2,(H,38,39). The molecule has 230 valence electrons. The van der Waals surface area contributed by atoms with Gasteiger partial charge in [0.2, 0.25) is 0 Å². The minimum absolute atomic E-state index is 0.116. The van der Waals surface area contributed by atoms with Crippen LogP contribution in [0, 0.1) is 11.3 Å². The number of carbonyl (C=O) groups excluding carboxylic acids is 1. The van der Waals surface area contributed by atoms with E-state index in [4.69, 9.17) is 0 Å². The zero-order chi connectivity index (χ0) is 30.4. The Labute approximate surface area is 228 Å². The first-order chi connectivity index (χ1) is 18.9. The van der Waals surface area contributed by atoms with Crippen molar-refractivity contribution >= 4 is 17.7 Å². The largest absolute Gasteiger partial charge is 0.481 e. The fourth-order valence-electron chi connectivity index (χ4n) is 5.74. The second-order valence-electron chi connectivity index (χ2n) is 11.0. The normalized spacial score (nSPS) is 20.8. The Morgan fingerprint density at radius 1 is 0.902 bits per heavy atom.